The van der Waals surface area contributed by atoms with Gasteiger partial charge in [-0.2, -0.15) is 0 Å². The normalized spacial score (nSPS) is 12.5. The van der Waals surface area contributed by atoms with Crippen LogP contribution in [-0.4, -0.2) is 33.1 Å². The molecule has 2 aromatic carbocycles. The average molecular weight is 379 g/mol. The summed E-state index contributed by atoms with van der Waals surface area (Å²) in [5.41, 5.74) is 0.902. The Bertz CT molecular complexity index is 856. The highest BCUT2D eigenvalue weighted by Crippen LogP contribution is 2.28. The molecule has 0 bridgehead atoms. The molecule has 0 aliphatic heterocycles. The predicted octanol–water partition coefficient (Wildman–Crippen LogP) is 2.52. The van der Waals surface area contributed by atoms with Gasteiger partial charge in [0.1, 0.15) is 5.69 Å². The topological polar surface area (TPSA) is 111 Å². The van der Waals surface area contributed by atoms with E-state index in [1.54, 1.807) is 6.92 Å². The van der Waals surface area contributed by atoms with Crippen LogP contribution in [0.3, 0.4) is 0 Å². The van der Waals surface area contributed by atoms with Gasteiger partial charge in [0, 0.05) is 25.8 Å². The molecule has 0 saturated carbocycles. The standard InChI is InChI=1S/C17H21N3O5S/c1-13(12-25-2)19-26(23,24)15-8-9-16(17(10-15)20(21)22)18-11-14-6-4-3-5-7-14/h3-10,13,18-19H,11-12H2,1-2H3/t13-/m1/s1. The Hall–Kier alpha value is -2.49. The highest BCUT2D eigenvalue weighted by atomic mass is 32.2. The van der Waals surface area contributed by atoms with Crippen LogP contribution in [0.15, 0.2) is 53.4 Å². The fraction of sp³-hybridized carbons (Fsp3) is 0.294. The second kappa shape index (κ2) is 8.75. The summed E-state index contributed by atoms with van der Waals surface area (Å²) in [7, 11) is -2.42. The highest BCUT2D eigenvalue weighted by molar-refractivity contribution is 7.89. The molecule has 0 aromatic heterocycles. The van der Waals surface area contributed by atoms with Gasteiger partial charge >= 0.3 is 0 Å². The van der Waals surface area contributed by atoms with Crippen LogP contribution in [0, 0.1) is 10.1 Å². The molecule has 2 N–H and O–H groups in total. The third-order valence-electron chi connectivity index (χ3n) is 3.57. The molecule has 0 aliphatic rings. The maximum Gasteiger partial charge on any atom is 0.293 e. The van der Waals surface area contributed by atoms with Crippen molar-refractivity contribution >= 4 is 21.4 Å². The van der Waals surface area contributed by atoms with Gasteiger partial charge in [-0.25, -0.2) is 13.1 Å². The molecular formula is C17H21N3O5S. The van der Waals surface area contributed by atoms with Crippen LogP contribution in [0.4, 0.5) is 11.4 Å². The fourth-order valence-electron chi connectivity index (χ4n) is 2.39. The van der Waals surface area contributed by atoms with Crippen LogP contribution < -0.4 is 10.0 Å². The van der Waals surface area contributed by atoms with E-state index in [1.165, 1.54) is 19.2 Å². The third-order valence-corrected chi connectivity index (χ3v) is 5.16. The van der Waals surface area contributed by atoms with Gasteiger partial charge in [-0.15, -0.1) is 0 Å². The SMILES string of the molecule is COC[C@@H](C)NS(=O)(=O)c1ccc(NCc2ccccc2)c([N+](=O)[O-])c1. The zero-order valence-electron chi connectivity index (χ0n) is 14.5. The number of anilines is 1. The van der Waals surface area contributed by atoms with Crippen LogP contribution in [-0.2, 0) is 21.3 Å². The summed E-state index contributed by atoms with van der Waals surface area (Å²) in [5.74, 6) is 0. The Balaban J connectivity index is 2.24. The van der Waals surface area contributed by atoms with Gasteiger partial charge in [-0.05, 0) is 24.6 Å². The lowest BCUT2D eigenvalue weighted by atomic mass is 10.2. The van der Waals surface area contributed by atoms with Crippen molar-refractivity contribution in [1.29, 1.82) is 0 Å². The summed E-state index contributed by atoms with van der Waals surface area (Å²) in [5, 5.41) is 14.3. The van der Waals surface area contributed by atoms with Gasteiger partial charge in [0.25, 0.3) is 5.69 Å². The van der Waals surface area contributed by atoms with Crippen molar-refractivity contribution in [2.24, 2.45) is 0 Å². The molecule has 0 heterocycles. The summed E-state index contributed by atoms with van der Waals surface area (Å²) in [6.07, 6.45) is 0. The summed E-state index contributed by atoms with van der Waals surface area (Å²) < 4.78 is 32.1. The van der Waals surface area contributed by atoms with E-state index in [-0.39, 0.29) is 22.9 Å². The number of nitro benzene ring substituents is 1. The smallest absolute Gasteiger partial charge is 0.293 e. The van der Waals surface area contributed by atoms with Crippen molar-refractivity contribution in [2.45, 2.75) is 24.4 Å². The first-order valence-electron chi connectivity index (χ1n) is 7.91. The average Bonchev–Trinajstić information content (AvgIpc) is 2.60. The number of hydrogen-bond acceptors (Lipinski definition) is 6. The number of nitrogens with one attached hydrogen (secondary N) is 2. The predicted molar refractivity (Wildman–Crippen MR) is 98.5 cm³/mol. The Labute approximate surface area is 152 Å². The van der Waals surface area contributed by atoms with Crippen LogP contribution >= 0.6 is 0 Å². The molecule has 9 heteroatoms. The number of nitrogens with zero attached hydrogens (tertiary/aromatic N) is 1. The van der Waals surface area contributed by atoms with Gasteiger partial charge in [-0.1, -0.05) is 30.3 Å². The number of hydrogen-bond donors (Lipinski definition) is 2. The maximum absolute atomic E-state index is 12.4. The minimum atomic E-state index is -3.88. The van der Waals surface area contributed by atoms with Gasteiger partial charge in [-0.3, -0.25) is 10.1 Å². The molecule has 0 spiro atoms. The van der Waals surface area contributed by atoms with E-state index in [4.69, 9.17) is 4.74 Å². The number of benzene rings is 2. The molecule has 0 amide bonds. The van der Waals surface area contributed by atoms with E-state index in [0.717, 1.165) is 11.6 Å². The number of rotatable bonds is 9. The summed E-state index contributed by atoms with van der Waals surface area (Å²) >= 11 is 0. The summed E-state index contributed by atoms with van der Waals surface area (Å²) in [4.78, 5) is 10.6. The molecule has 0 unspecified atom stereocenters. The first kappa shape index (κ1) is 19.8. The van der Waals surface area contributed by atoms with Crippen molar-refractivity contribution in [3.8, 4) is 0 Å². The largest absolute Gasteiger partial charge is 0.383 e. The van der Waals surface area contributed by atoms with Crippen LogP contribution in [0.5, 0.6) is 0 Å². The Kier molecular flexibility index (Phi) is 6.67. The van der Waals surface area contributed by atoms with E-state index in [0.29, 0.717) is 6.54 Å². The second-order valence-corrected chi connectivity index (χ2v) is 7.47. The van der Waals surface area contributed by atoms with Crippen LogP contribution in [0.2, 0.25) is 0 Å². The minimum Gasteiger partial charge on any atom is -0.383 e. The number of nitro groups is 1. The second-order valence-electron chi connectivity index (χ2n) is 5.75. The monoisotopic (exact) mass is 379 g/mol. The Morgan fingerprint density at radius 3 is 2.50 bits per heavy atom. The van der Waals surface area contributed by atoms with E-state index >= 15 is 0 Å². The summed E-state index contributed by atoms with van der Waals surface area (Å²) in [6.45, 7) is 2.22. The fourth-order valence-corrected chi connectivity index (χ4v) is 3.64. The van der Waals surface area contributed by atoms with Crippen molar-refractivity contribution in [1.82, 2.24) is 4.72 Å². The van der Waals surface area contributed by atoms with Gasteiger partial charge < -0.3 is 10.1 Å². The Morgan fingerprint density at radius 2 is 1.88 bits per heavy atom. The lowest BCUT2D eigenvalue weighted by molar-refractivity contribution is -0.384. The van der Waals surface area contributed by atoms with Crippen molar-refractivity contribution in [2.75, 3.05) is 19.0 Å². The van der Waals surface area contributed by atoms with Crippen LogP contribution in [0.1, 0.15) is 12.5 Å². The first-order chi connectivity index (χ1) is 12.3. The first-order valence-corrected chi connectivity index (χ1v) is 9.39. The Morgan fingerprint density at radius 1 is 1.19 bits per heavy atom. The van der Waals surface area contributed by atoms with Gasteiger partial charge in [0.05, 0.1) is 16.4 Å². The van der Waals surface area contributed by atoms with Gasteiger partial charge in [0.2, 0.25) is 10.0 Å². The van der Waals surface area contributed by atoms with E-state index in [2.05, 4.69) is 10.0 Å². The van der Waals surface area contributed by atoms with Crippen molar-refractivity contribution in [3.05, 3.63) is 64.2 Å². The zero-order chi connectivity index (χ0) is 19.2. The minimum absolute atomic E-state index is 0.169. The van der Waals surface area contributed by atoms with Crippen molar-refractivity contribution in [3.63, 3.8) is 0 Å². The lowest BCUT2D eigenvalue weighted by Crippen LogP contribution is -2.35. The molecule has 0 aliphatic carbocycles. The molecule has 1 atom stereocenters. The molecule has 0 saturated heterocycles. The third kappa shape index (κ3) is 5.25. The number of ether oxygens (including phenoxy) is 1. The van der Waals surface area contributed by atoms with Crippen LogP contribution in [0.25, 0.3) is 0 Å². The van der Waals surface area contributed by atoms with Gasteiger partial charge in [0.15, 0.2) is 0 Å². The maximum atomic E-state index is 12.4. The quantitative estimate of drug-likeness (QED) is 0.512. The molecule has 26 heavy (non-hydrogen) atoms. The van der Waals surface area contributed by atoms with Crippen molar-refractivity contribution < 1.29 is 18.1 Å². The summed E-state index contributed by atoms with van der Waals surface area (Å²) in [6, 6.07) is 12.7. The highest BCUT2D eigenvalue weighted by Gasteiger charge is 2.22. The van der Waals surface area contributed by atoms with E-state index < -0.39 is 21.0 Å². The molecule has 140 valence electrons. The lowest BCUT2D eigenvalue weighted by Gasteiger charge is -2.14. The van der Waals surface area contributed by atoms with E-state index in [1.807, 2.05) is 30.3 Å². The molecule has 8 nitrogen and oxygen atoms in total. The number of methoxy groups -OCH3 is 1. The molecule has 0 radical (unpaired) electrons. The molecule has 2 rings (SSSR count). The molecule has 2 aromatic rings. The van der Waals surface area contributed by atoms with E-state index in [9.17, 15) is 18.5 Å². The molecule has 0 fully saturated rings. The number of sulfonamides is 1. The molecular weight excluding hydrogens is 358 g/mol. The zero-order valence-corrected chi connectivity index (χ0v) is 15.3.